The van der Waals surface area contributed by atoms with Crippen molar-refractivity contribution < 1.29 is 25.0 Å². The predicted molar refractivity (Wildman–Crippen MR) is 92.0 cm³/mol. The van der Waals surface area contributed by atoms with E-state index in [0.29, 0.717) is 13.0 Å². The summed E-state index contributed by atoms with van der Waals surface area (Å²) in [6, 6.07) is 0. The Labute approximate surface area is 145 Å². The average molecular weight is 343 g/mol. The van der Waals surface area contributed by atoms with Crippen molar-refractivity contribution in [3.8, 4) is 0 Å². The molecule has 1 rings (SSSR count). The monoisotopic (exact) mass is 343 g/mol. The van der Waals surface area contributed by atoms with E-state index in [0.717, 1.165) is 38.2 Å². The molecule has 6 nitrogen and oxygen atoms in total. The van der Waals surface area contributed by atoms with Crippen LogP contribution in [0.4, 0.5) is 0 Å². The number of ether oxygens (including phenoxy) is 1. The molecule has 1 aliphatic rings. The zero-order valence-corrected chi connectivity index (χ0v) is 15.4. The summed E-state index contributed by atoms with van der Waals surface area (Å²) < 4.78 is 6.00. The average Bonchev–Trinajstić information content (AvgIpc) is 2.45. The SMILES string of the molecule is CC1(C)CC(OCCCCCC(O)C=CC(=O)O)CC(C)(C)N1O. The maximum absolute atomic E-state index is 10.3. The number of hydrogen-bond acceptors (Lipinski definition) is 5. The Morgan fingerprint density at radius 2 is 1.79 bits per heavy atom. The Hall–Kier alpha value is -0.950. The number of aliphatic hydroxyl groups is 1. The summed E-state index contributed by atoms with van der Waals surface area (Å²) in [6.45, 7) is 8.77. The number of hydroxylamine groups is 2. The number of unbranched alkanes of at least 4 members (excludes halogenated alkanes) is 2. The molecule has 0 saturated carbocycles. The summed E-state index contributed by atoms with van der Waals surface area (Å²) in [5.74, 6) is -1.04. The second-order valence-corrected chi connectivity index (χ2v) is 7.95. The van der Waals surface area contributed by atoms with Crippen molar-refractivity contribution in [2.75, 3.05) is 6.61 Å². The number of aliphatic carboxylic acids is 1. The van der Waals surface area contributed by atoms with E-state index in [9.17, 15) is 15.1 Å². The highest BCUT2D eigenvalue weighted by Crippen LogP contribution is 2.37. The first-order valence-electron chi connectivity index (χ1n) is 8.74. The summed E-state index contributed by atoms with van der Waals surface area (Å²) in [5.41, 5.74) is -0.597. The van der Waals surface area contributed by atoms with Gasteiger partial charge in [-0.25, -0.2) is 4.79 Å². The molecule has 140 valence electrons. The summed E-state index contributed by atoms with van der Waals surface area (Å²) >= 11 is 0. The maximum Gasteiger partial charge on any atom is 0.328 e. The lowest BCUT2D eigenvalue weighted by atomic mass is 9.80. The van der Waals surface area contributed by atoms with Gasteiger partial charge in [0.25, 0.3) is 0 Å². The number of carboxylic acids is 1. The van der Waals surface area contributed by atoms with Crippen molar-refractivity contribution in [2.45, 2.75) is 89.5 Å². The van der Waals surface area contributed by atoms with E-state index in [1.165, 1.54) is 11.1 Å². The van der Waals surface area contributed by atoms with Gasteiger partial charge in [-0.05, 0) is 59.5 Å². The van der Waals surface area contributed by atoms with E-state index in [1.807, 2.05) is 27.7 Å². The van der Waals surface area contributed by atoms with Crippen LogP contribution in [0.25, 0.3) is 0 Å². The molecule has 0 bridgehead atoms. The molecule has 0 amide bonds. The number of carboxylic acid groups (broad SMARTS) is 1. The molecule has 0 spiro atoms. The zero-order chi connectivity index (χ0) is 18.4. The molecule has 1 unspecified atom stereocenters. The third-order valence-corrected chi connectivity index (χ3v) is 4.56. The quantitative estimate of drug-likeness (QED) is 0.440. The second kappa shape index (κ2) is 8.94. The first kappa shape index (κ1) is 21.1. The molecule has 0 aromatic rings. The van der Waals surface area contributed by atoms with Crippen LogP contribution >= 0.6 is 0 Å². The molecule has 6 heteroatoms. The molecule has 1 heterocycles. The van der Waals surface area contributed by atoms with Crippen molar-refractivity contribution in [1.82, 2.24) is 5.06 Å². The van der Waals surface area contributed by atoms with Crippen molar-refractivity contribution in [2.24, 2.45) is 0 Å². The number of carbonyl (C=O) groups is 1. The number of nitrogens with zero attached hydrogens (tertiary/aromatic N) is 1. The topological polar surface area (TPSA) is 90.2 Å². The van der Waals surface area contributed by atoms with Crippen LogP contribution < -0.4 is 0 Å². The van der Waals surface area contributed by atoms with E-state index in [1.54, 1.807) is 0 Å². The lowest BCUT2D eigenvalue weighted by Gasteiger charge is -2.51. The molecule has 1 fully saturated rings. The highest BCUT2D eigenvalue weighted by atomic mass is 16.5. The minimum absolute atomic E-state index is 0.141. The standard InChI is InChI=1S/C18H33NO5/c1-17(2)12-15(13-18(3,4)19(17)23)24-11-7-5-6-8-14(20)9-10-16(21)22/h9-10,14-15,20,23H,5-8,11-13H2,1-4H3,(H,21,22). The number of hydrogen-bond donors (Lipinski definition) is 3. The van der Waals surface area contributed by atoms with Crippen LogP contribution in [0.15, 0.2) is 12.2 Å². The molecule has 3 N–H and O–H groups in total. The Bertz CT molecular complexity index is 415. The van der Waals surface area contributed by atoms with Gasteiger partial charge in [0.2, 0.25) is 0 Å². The van der Waals surface area contributed by atoms with Gasteiger partial charge >= 0.3 is 5.97 Å². The predicted octanol–water partition coefficient (Wildman–Crippen LogP) is 2.98. The van der Waals surface area contributed by atoms with E-state index in [2.05, 4.69) is 0 Å². The first-order chi connectivity index (χ1) is 11.0. The molecule has 0 radical (unpaired) electrons. The zero-order valence-electron chi connectivity index (χ0n) is 15.4. The normalized spacial score (nSPS) is 22.8. The van der Waals surface area contributed by atoms with Crippen LogP contribution in [0, 0.1) is 0 Å². The molecular formula is C18H33NO5. The van der Waals surface area contributed by atoms with Crippen LogP contribution in [0.3, 0.4) is 0 Å². The fraction of sp³-hybridized carbons (Fsp3) is 0.833. The molecule has 0 aromatic carbocycles. The summed E-state index contributed by atoms with van der Waals surface area (Å²) in [6.07, 6.45) is 6.57. The van der Waals surface area contributed by atoms with E-state index in [-0.39, 0.29) is 17.2 Å². The Morgan fingerprint density at radius 3 is 2.33 bits per heavy atom. The van der Waals surface area contributed by atoms with Crippen LogP contribution in [0.2, 0.25) is 0 Å². The molecule has 0 aromatic heterocycles. The molecular weight excluding hydrogens is 310 g/mol. The van der Waals surface area contributed by atoms with Gasteiger partial charge in [0, 0.05) is 23.8 Å². The lowest BCUT2D eigenvalue weighted by Crippen LogP contribution is -2.60. The Morgan fingerprint density at radius 1 is 1.21 bits per heavy atom. The minimum Gasteiger partial charge on any atom is -0.478 e. The van der Waals surface area contributed by atoms with Gasteiger partial charge in [-0.1, -0.05) is 12.8 Å². The van der Waals surface area contributed by atoms with E-state index in [4.69, 9.17) is 9.84 Å². The van der Waals surface area contributed by atoms with Crippen molar-refractivity contribution in [1.29, 1.82) is 0 Å². The second-order valence-electron chi connectivity index (χ2n) is 7.95. The summed E-state index contributed by atoms with van der Waals surface area (Å²) in [4.78, 5) is 10.3. The van der Waals surface area contributed by atoms with Crippen molar-refractivity contribution >= 4 is 5.97 Å². The third-order valence-electron chi connectivity index (χ3n) is 4.56. The highest BCUT2D eigenvalue weighted by Gasteiger charge is 2.45. The van der Waals surface area contributed by atoms with Gasteiger partial charge < -0.3 is 20.2 Å². The van der Waals surface area contributed by atoms with Crippen LogP contribution in [0.5, 0.6) is 0 Å². The highest BCUT2D eigenvalue weighted by molar-refractivity contribution is 5.79. The van der Waals surface area contributed by atoms with Crippen molar-refractivity contribution in [3.63, 3.8) is 0 Å². The van der Waals surface area contributed by atoms with Gasteiger partial charge in [0.1, 0.15) is 0 Å². The molecule has 24 heavy (non-hydrogen) atoms. The molecule has 1 saturated heterocycles. The van der Waals surface area contributed by atoms with Crippen LogP contribution in [0.1, 0.15) is 66.2 Å². The molecule has 1 atom stereocenters. The number of aliphatic hydroxyl groups excluding tert-OH is 1. The van der Waals surface area contributed by atoms with Gasteiger partial charge in [-0.2, -0.15) is 5.06 Å². The molecule has 0 aliphatic carbocycles. The summed E-state index contributed by atoms with van der Waals surface area (Å²) in [7, 11) is 0. The minimum atomic E-state index is -1.04. The van der Waals surface area contributed by atoms with E-state index >= 15 is 0 Å². The lowest BCUT2D eigenvalue weighted by molar-refractivity contribution is -0.261. The molecule has 1 aliphatic heterocycles. The fourth-order valence-electron chi connectivity index (χ4n) is 3.47. The Kier molecular flexibility index (Phi) is 7.86. The number of rotatable bonds is 9. The maximum atomic E-state index is 10.3. The summed E-state index contributed by atoms with van der Waals surface area (Å²) in [5, 5.41) is 29.8. The number of piperidine rings is 1. The third kappa shape index (κ3) is 6.89. The van der Waals surface area contributed by atoms with E-state index < -0.39 is 12.1 Å². The van der Waals surface area contributed by atoms with Crippen molar-refractivity contribution in [3.05, 3.63) is 12.2 Å². The van der Waals surface area contributed by atoms with Crippen LogP contribution in [-0.2, 0) is 9.53 Å². The smallest absolute Gasteiger partial charge is 0.328 e. The van der Waals surface area contributed by atoms with Gasteiger partial charge in [0.05, 0.1) is 12.2 Å². The fourth-order valence-corrected chi connectivity index (χ4v) is 3.47. The largest absolute Gasteiger partial charge is 0.478 e. The van der Waals surface area contributed by atoms with Gasteiger partial charge in [-0.15, -0.1) is 0 Å². The van der Waals surface area contributed by atoms with Crippen LogP contribution in [-0.4, -0.2) is 56.3 Å². The first-order valence-corrected chi connectivity index (χ1v) is 8.74. The van der Waals surface area contributed by atoms with Gasteiger partial charge in [-0.3, -0.25) is 0 Å². The van der Waals surface area contributed by atoms with Gasteiger partial charge in [0.15, 0.2) is 0 Å². The Balaban J connectivity index is 2.21.